The molecule has 19 heavy (non-hydrogen) atoms. The van der Waals surface area contributed by atoms with Crippen molar-refractivity contribution in [2.75, 3.05) is 18.4 Å². The lowest BCUT2D eigenvalue weighted by Crippen LogP contribution is -2.39. The second-order valence-electron chi connectivity index (χ2n) is 3.62. The minimum Gasteiger partial charge on any atom is -0.480 e. The number of carboxylic acid groups (broad SMARTS) is 1. The van der Waals surface area contributed by atoms with Crippen LogP contribution >= 0.6 is 15.9 Å². The number of amides is 2. The maximum absolute atomic E-state index is 13.5. The summed E-state index contributed by atoms with van der Waals surface area (Å²) in [6.07, 6.45) is 1.39. The van der Waals surface area contributed by atoms with E-state index in [0.717, 1.165) is 4.90 Å². The molecule has 0 aromatic heterocycles. The molecule has 0 spiro atoms. The van der Waals surface area contributed by atoms with E-state index in [4.69, 9.17) is 5.11 Å². The van der Waals surface area contributed by atoms with Crippen LogP contribution in [0.1, 0.15) is 0 Å². The summed E-state index contributed by atoms with van der Waals surface area (Å²) >= 11 is 3.09. The maximum atomic E-state index is 13.5. The quantitative estimate of drug-likeness (QED) is 0.815. The predicted octanol–water partition coefficient (Wildman–Crippen LogP) is 2.69. The number of hydrogen-bond acceptors (Lipinski definition) is 2. The highest BCUT2D eigenvalue weighted by Gasteiger charge is 2.16. The molecule has 0 aliphatic carbocycles. The number of nitrogens with zero attached hydrogens (tertiary/aromatic N) is 1. The van der Waals surface area contributed by atoms with E-state index in [2.05, 4.69) is 27.8 Å². The van der Waals surface area contributed by atoms with Crippen molar-refractivity contribution in [2.24, 2.45) is 0 Å². The molecule has 0 bridgehead atoms. The molecule has 0 heterocycles. The van der Waals surface area contributed by atoms with Crippen LogP contribution in [0.15, 0.2) is 35.3 Å². The summed E-state index contributed by atoms with van der Waals surface area (Å²) in [5.41, 5.74) is -0.0207. The van der Waals surface area contributed by atoms with Crippen LogP contribution in [0.3, 0.4) is 0 Å². The fourth-order valence-electron chi connectivity index (χ4n) is 1.32. The Labute approximate surface area is 117 Å². The number of nitrogens with one attached hydrogen (secondary N) is 1. The SMILES string of the molecule is C=CCN(CC(=O)O)C(=O)Nc1ccc(Br)cc1F. The molecule has 1 rings (SSSR count). The van der Waals surface area contributed by atoms with Gasteiger partial charge in [0.2, 0.25) is 0 Å². The van der Waals surface area contributed by atoms with Crippen molar-refractivity contribution in [1.82, 2.24) is 4.90 Å². The lowest BCUT2D eigenvalue weighted by Gasteiger charge is -2.19. The first-order valence-corrected chi connectivity index (χ1v) is 6.07. The van der Waals surface area contributed by atoms with Crippen molar-refractivity contribution in [2.45, 2.75) is 0 Å². The van der Waals surface area contributed by atoms with Gasteiger partial charge < -0.3 is 15.3 Å². The molecule has 5 nitrogen and oxygen atoms in total. The molecule has 0 radical (unpaired) electrons. The highest BCUT2D eigenvalue weighted by atomic mass is 79.9. The normalized spacial score (nSPS) is 9.79. The first-order valence-electron chi connectivity index (χ1n) is 5.27. The van der Waals surface area contributed by atoms with Crippen molar-refractivity contribution in [3.8, 4) is 0 Å². The second-order valence-corrected chi connectivity index (χ2v) is 4.53. The number of anilines is 1. The van der Waals surface area contributed by atoms with E-state index in [1.54, 1.807) is 6.07 Å². The number of carboxylic acids is 1. The van der Waals surface area contributed by atoms with E-state index in [1.807, 2.05) is 0 Å². The first kappa shape index (κ1) is 15.2. The number of urea groups is 1. The van der Waals surface area contributed by atoms with Crippen LogP contribution in [0.5, 0.6) is 0 Å². The number of benzene rings is 1. The van der Waals surface area contributed by atoms with Crippen LogP contribution in [0.4, 0.5) is 14.9 Å². The van der Waals surface area contributed by atoms with E-state index >= 15 is 0 Å². The van der Waals surface area contributed by atoms with Gasteiger partial charge in [-0.15, -0.1) is 6.58 Å². The van der Waals surface area contributed by atoms with Gasteiger partial charge in [-0.3, -0.25) is 4.79 Å². The average molecular weight is 331 g/mol. The first-order chi connectivity index (χ1) is 8.93. The summed E-state index contributed by atoms with van der Waals surface area (Å²) in [5, 5.41) is 11.0. The predicted molar refractivity (Wildman–Crippen MR) is 72.5 cm³/mol. The van der Waals surface area contributed by atoms with Gasteiger partial charge in [0.1, 0.15) is 12.4 Å². The van der Waals surface area contributed by atoms with E-state index in [9.17, 15) is 14.0 Å². The second kappa shape index (κ2) is 6.89. The molecule has 0 saturated heterocycles. The molecule has 0 aliphatic heterocycles. The lowest BCUT2D eigenvalue weighted by molar-refractivity contribution is -0.137. The van der Waals surface area contributed by atoms with Crippen LogP contribution in [0.25, 0.3) is 0 Å². The fraction of sp³-hybridized carbons (Fsp3) is 0.167. The molecule has 102 valence electrons. The highest BCUT2D eigenvalue weighted by molar-refractivity contribution is 9.10. The van der Waals surface area contributed by atoms with Crippen LogP contribution in [-0.2, 0) is 4.79 Å². The van der Waals surface area contributed by atoms with Gasteiger partial charge in [-0.2, -0.15) is 0 Å². The van der Waals surface area contributed by atoms with Gasteiger partial charge >= 0.3 is 12.0 Å². The molecule has 1 aromatic rings. The standard InChI is InChI=1S/C12H12BrFN2O3/c1-2-5-16(7-11(17)18)12(19)15-10-4-3-8(13)6-9(10)14/h2-4,6H,1,5,7H2,(H,15,19)(H,17,18). The van der Waals surface area contributed by atoms with Gasteiger partial charge in [-0.1, -0.05) is 22.0 Å². The van der Waals surface area contributed by atoms with Crippen LogP contribution in [0.2, 0.25) is 0 Å². The van der Waals surface area contributed by atoms with Crippen molar-refractivity contribution in [3.63, 3.8) is 0 Å². The summed E-state index contributed by atoms with van der Waals surface area (Å²) in [5.74, 6) is -1.77. The molecule has 0 aliphatic rings. The largest absolute Gasteiger partial charge is 0.480 e. The van der Waals surface area contributed by atoms with Gasteiger partial charge in [0, 0.05) is 11.0 Å². The Hall–Kier alpha value is -1.89. The Morgan fingerprint density at radius 2 is 2.21 bits per heavy atom. The Balaban J connectivity index is 2.80. The zero-order chi connectivity index (χ0) is 14.4. The average Bonchev–Trinajstić information content (AvgIpc) is 2.31. The minimum atomic E-state index is -1.16. The third-order valence-electron chi connectivity index (χ3n) is 2.14. The van der Waals surface area contributed by atoms with Gasteiger partial charge in [0.25, 0.3) is 0 Å². The van der Waals surface area contributed by atoms with E-state index in [0.29, 0.717) is 4.47 Å². The monoisotopic (exact) mass is 330 g/mol. The third kappa shape index (κ3) is 4.70. The van der Waals surface area contributed by atoms with Gasteiger partial charge in [-0.25, -0.2) is 9.18 Å². The molecule has 0 saturated carbocycles. The summed E-state index contributed by atoms with van der Waals surface area (Å²) < 4.78 is 14.1. The number of halogens is 2. The molecule has 2 N–H and O–H groups in total. The molecule has 0 atom stereocenters. The van der Waals surface area contributed by atoms with Crippen molar-refractivity contribution < 1.29 is 19.1 Å². The Bertz CT molecular complexity index is 508. The molecule has 0 fully saturated rings. The third-order valence-corrected chi connectivity index (χ3v) is 2.63. The minimum absolute atomic E-state index is 0.0207. The number of rotatable bonds is 5. The Morgan fingerprint density at radius 3 is 2.74 bits per heavy atom. The molecule has 2 amide bonds. The van der Waals surface area contributed by atoms with Crippen molar-refractivity contribution in [3.05, 3.63) is 41.1 Å². The van der Waals surface area contributed by atoms with Gasteiger partial charge in [-0.05, 0) is 18.2 Å². The van der Waals surface area contributed by atoms with Crippen molar-refractivity contribution in [1.29, 1.82) is 0 Å². The zero-order valence-corrected chi connectivity index (χ0v) is 11.5. The van der Waals surface area contributed by atoms with E-state index in [-0.39, 0.29) is 12.2 Å². The summed E-state index contributed by atoms with van der Waals surface area (Å²) in [6, 6.07) is 3.44. The van der Waals surface area contributed by atoms with Gasteiger partial charge in [0.15, 0.2) is 0 Å². The molecule has 7 heteroatoms. The molecule has 0 unspecified atom stereocenters. The van der Waals surface area contributed by atoms with Crippen LogP contribution < -0.4 is 5.32 Å². The van der Waals surface area contributed by atoms with E-state index in [1.165, 1.54) is 18.2 Å². The number of carbonyl (C=O) groups is 2. The van der Waals surface area contributed by atoms with Gasteiger partial charge in [0.05, 0.1) is 5.69 Å². The van der Waals surface area contributed by atoms with Crippen LogP contribution in [-0.4, -0.2) is 35.1 Å². The number of aliphatic carboxylic acids is 1. The number of hydrogen-bond donors (Lipinski definition) is 2. The summed E-state index contributed by atoms with van der Waals surface area (Å²) in [6.45, 7) is 2.99. The Morgan fingerprint density at radius 1 is 1.53 bits per heavy atom. The van der Waals surface area contributed by atoms with Crippen molar-refractivity contribution >= 4 is 33.6 Å². The lowest BCUT2D eigenvalue weighted by atomic mass is 10.3. The number of carbonyl (C=O) groups excluding carboxylic acids is 1. The fourth-order valence-corrected chi connectivity index (χ4v) is 1.66. The zero-order valence-electron chi connectivity index (χ0n) is 9.90. The van der Waals surface area contributed by atoms with E-state index < -0.39 is 24.4 Å². The smallest absolute Gasteiger partial charge is 0.323 e. The maximum Gasteiger partial charge on any atom is 0.323 e. The molecular weight excluding hydrogens is 319 g/mol. The molecular formula is C12H12BrFN2O3. The Kier molecular flexibility index (Phi) is 5.50. The van der Waals surface area contributed by atoms with Crippen LogP contribution in [0, 0.1) is 5.82 Å². The summed E-state index contributed by atoms with van der Waals surface area (Å²) in [4.78, 5) is 23.4. The summed E-state index contributed by atoms with van der Waals surface area (Å²) in [7, 11) is 0. The highest BCUT2D eigenvalue weighted by Crippen LogP contribution is 2.19. The molecule has 1 aromatic carbocycles. The topological polar surface area (TPSA) is 69.6 Å².